The van der Waals surface area contributed by atoms with Gasteiger partial charge in [0, 0.05) is 16.7 Å². The van der Waals surface area contributed by atoms with Crippen LogP contribution in [0, 0.1) is 5.82 Å². The fourth-order valence-corrected chi connectivity index (χ4v) is 2.58. The van der Waals surface area contributed by atoms with Crippen LogP contribution in [0.25, 0.3) is 0 Å². The van der Waals surface area contributed by atoms with Crippen molar-refractivity contribution in [3.63, 3.8) is 0 Å². The van der Waals surface area contributed by atoms with E-state index in [0.29, 0.717) is 23.6 Å². The number of nitrogens with one attached hydrogen (secondary N) is 1. The third kappa shape index (κ3) is 4.19. The van der Waals surface area contributed by atoms with Crippen molar-refractivity contribution < 1.29 is 4.39 Å². The molecule has 0 bridgehead atoms. The normalized spacial score (nSPS) is 13.8. The predicted octanol–water partition coefficient (Wildman–Crippen LogP) is 4.61. The van der Waals surface area contributed by atoms with Gasteiger partial charge in [-0.15, -0.1) is 0 Å². The smallest absolute Gasteiger partial charge is 0.126 e. The van der Waals surface area contributed by atoms with Crippen LogP contribution in [0.3, 0.4) is 0 Å². The summed E-state index contributed by atoms with van der Waals surface area (Å²) in [5, 5.41) is 3.97. The summed E-state index contributed by atoms with van der Waals surface area (Å²) in [6.45, 7) is 2.34. The van der Waals surface area contributed by atoms with Gasteiger partial charge in [0.1, 0.15) is 5.82 Å². The lowest BCUT2D eigenvalue weighted by molar-refractivity contribution is 0.502. The predicted molar refractivity (Wildman–Crippen MR) is 90.3 cm³/mol. The van der Waals surface area contributed by atoms with Crippen molar-refractivity contribution in [2.45, 2.75) is 18.9 Å². The molecule has 0 spiro atoms. The van der Waals surface area contributed by atoms with E-state index >= 15 is 0 Å². The van der Waals surface area contributed by atoms with Gasteiger partial charge in [-0.25, -0.2) is 4.39 Å². The molecule has 0 aliphatic rings. The molecule has 2 rings (SSSR count). The Bertz CT molecular complexity index is 635. The van der Waals surface area contributed by atoms with Gasteiger partial charge < -0.3 is 11.1 Å². The van der Waals surface area contributed by atoms with Crippen molar-refractivity contribution in [3.05, 3.63) is 63.3 Å². The van der Waals surface area contributed by atoms with Crippen molar-refractivity contribution >= 4 is 33.2 Å². The molecule has 3 N–H and O–H groups in total. The van der Waals surface area contributed by atoms with Crippen molar-refractivity contribution in [2.24, 2.45) is 5.73 Å². The molecular formula is C16H17BrClFN2. The second-order valence-electron chi connectivity index (χ2n) is 5.29. The van der Waals surface area contributed by atoms with Crippen LogP contribution in [-0.2, 0) is 6.42 Å². The molecule has 21 heavy (non-hydrogen) atoms. The Morgan fingerprint density at radius 1 is 1.29 bits per heavy atom. The monoisotopic (exact) mass is 370 g/mol. The lowest BCUT2D eigenvalue weighted by Gasteiger charge is -2.31. The molecule has 112 valence electrons. The highest BCUT2D eigenvalue weighted by Gasteiger charge is 2.24. The van der Waals surface area contributed by atoms with E-state index in [1.165, 1.54) is 6.07 Å². The minimum Gasteiger partial charge on any atom is -0.378 e. The van der Waals surface area contributed by atoms with Gasteiger partial charge in [0.25, 0.3) is 0 Å². The first-order valence-corrected chi connectivity index (χ1v) is 7.77. The van der Waals surface area contributed by atoms with E-state index in [9.17, 15) is 4.39 Å². The van der Waals surface area contributed by atoms with Gasteiger partial charge in [-0.05, 0) is 59.1 Å². The fraction of sp³-hybridized carbons (Fsp3) is 0.250. The molecule has 0 saturated carbocycles. The average Bonchev–Trinajstić information content (AvgIpc) is 2.45. The van der Waals surface area contributed by atoms with Gasteiger partial charge in [0.05, 0.1) is 10.6 Å². The van der Waals surface area contributed by atoms with Gasteiger partial charge >= 0.3 is 0 Å². The Labute approximate surface area is 137 Å². The summed E-state index contributed by atoms with van der Waals surface area (Å²) in [6.07, 6.45) is 0.490. The largest absolute Gasteiger partial charge is 0.378 e. The van der Waals surface area contributed by atoms with Crippen LogP contribution < -0.4 is 11.1 Å². The molecule has 0 saturated heterocycles. The second-order valence-corrected chi connectivity index (χ2v) is 6.55. The number of halogens is 3. The lowest BCUT2D eigenvalue weighted by Crippen LogP contribution is -2.44. The highest BCUT2D eigenvalue weighted by Crippen LogP contribution is 2.28. The first kappa shape index (κ1) is 16.3. The molecule has 0 amide bonds. The standard InChI is InChI=1S/C16H17BrClFN2/c1-16(10-20,9-11-4-2-3-5-15(11)19)21-12-6-7-13(17)14(18)8-12/h2-8,21H,9-10,20H2,1H3. The summed E-state index contributed by atoms with van der Waals surface area (Å²) < 4.78 is 14.6. The van der Waals surface area contributed by atoms with Crippen LogP contribution in [0.15, 0.2) is 46.9 Å². The van der Waals surface area contributed by atoms with Crippen LogP contribution in [0.1, 0.15) is 12.5 Å². The molecule has 0 fully saturated rings. The highest BCUT2D eigenvalue weighted by molar-refractivity contribution is 9.10. The van der Waals surface area contributed by atoms with E-state index in [1.54, 1.807) is 12.1 Å². The Morgan fingerprint density at radius 2 is 2.00 bits per heavy atom. The summed E-state index contributed by atoms with van der Waals surface area (Å²) in [5.41, 5.74) is 6.93. The Kier molecular flexibility index (Phi) is 5.25. The van der Waals surface area contributed by atoms with E-state index in [-0.39, 0.29) is 5.82 Å². The van der Waals surface area contributed by atoms with Gasteiger partial charge in [-0.2, -0.15) is 0 Å². The summed E-state index contributed by atoms with van der Waals surface area (Å²) in [4.78, 5) is 0. The second kappa shape index (κ2) is 6.77. The topological polar surface area (TPSA) is 38.0 Å². The molecule has 0 aliphatic carbocycles. The molecule has 1 atom stereocenters. The molecule has 2 aromatic carbocycles. The Morgan fingerprint density at radius 3 is 2.62 bits per heavy atom. The molecular weight excluding hydrogens is 355 g/mol. The van der Waals surface area contributed by atoms with Crippen LogP contribution >= 0.6 is 27.5 Å². The molecule has 0 radical (unpaired) electrons. The van der Waals surface area contributed by atoms with Crippen LogP contribution in [0.2, 0.25) is 5.02 Å². The first-order valence-electron chi connectivity index (χ1n) is 6.60. The average molecular weight is 372 g/mol. The number of anilines is 1. The quantitative estimate of drug-likeness (QED) is 0.805. The molecule has 0 aliphatic heterocycles. The van der Waals surface area contributed by atoms with Crippen molar-refractivity contribution in [1.29, 1.82) is 0 Å². The zero-order valence-corrected chi connectivity index (χ0v) is 14.0. The van der Waals surface area contributed by atoms with Crippen molar-refractivity contribution in [2.75, 3.05) is 11.9 Å². The summed E-state index contributed by atoms with van der Waals surface area (Å²) in [5.74, 6) is -0.215. The van der Waals surface area contributed by atoms with Gasteiger partial charge in [0.2, 0.25) is 0 Å². The molecule has 1 unspecified atom stereocenters. The first-order chi connectivity index (χ1) is 9.93. The van der Waals surface area contributed by atoms with Crippen LogP contribution in [-0.4, -0.2) is 12.1 Å². The maximum atomic E-state index is 13.8. The number of rotatable bonds is 5. The third-order valence-electron chi connectivity index (χ3n) is 3.35. The van der Waals surface area contributed by atoms with Gasteiger partial charge in [0.15, 0.2) is 0 Å². The summed E-state index contributed by atoms with van der Waals surface area (Å²) >= 11 is 9.45. The molecule has 2 aromatic rings. The summed E-state index contributed by atoms with van der Waals surface area (Å²) in [7, 11) is 0. The Balaban J connectivity index is 2.21. The van der Waals surface area contributed by atoms with Crippen LogP contribution in [0.4, 0.5) is 10.1 Å². The van der Waals surface area contributed by atoms with E-state index in [2.05, 4.69) is 21.2 Å². The zero-order chi connectivity index (χ0) is 15.5. The zero-order valence-electron chi connectivity index (χ0n) is 11.7. The molecule has 0 aromatic heterocycles. The molecule has 2 nitrogen and oxygen atoms in total. The molecule has 5 heteroatoms. The van der Waals surface area contributed by atoms with E-state index in [0.717, 1.165) is 10.2 Å². The van der Waals surface area contributed by atoms with Gasteiger partial charge in [-0.3, -0.25) is 0 Å². The highest BCUT2D eigenvalue weighted by atomic mass is 79.9. The maximum absolute atomic E-state index is 13.8. The Hall–Kier alpha value is -1.10. The number of hydrogen-bond donors (Lipinski definition) is 2. The third-order valence-corrected chi connectivity index (χ3v) is 4.59. The minimum atomic E-state index is -0.459. The van der Waals surface area contributed by atoms with Gasteiger partial charge in [-0.1, -0.05) is 29.8 Å². The van der Waals surface area contributed by atoms with Crippen molar-refractivity contribution in [3.8, 4) is 0 Å². The SMILES string of the molecule is CC(CN)(Cc1ccccc1F)Nc1ccc(Br)c(Cl)c1. The summed E-state index contributed by atoms with van der Waals surface area (Å²) in [6, 6.07) is 12.3. The lowest BCUT2D eigenvalue weighted by atomic mass is 9.92. The molecule has 0 heterocycles. The van der Waals surface area contributed by atoms with E-state index in [4.69, 9.17) is 17.3 Å². The van der Waals surface area contributed by atoms with E-state index in [1.807, 2.05) is 31.2 Å². The van der Waals surface area contributed by atoms with E-state index < -0.39 is 5.54 Å². The fourth-order valence-electron chi connectivity index (χ4n) is 2.15. The van der Waals surface area contributed by atoms with Crippen molar-refractivity contribution in [1.82, 2.24) is 0 Å². The van der Waals surface area contributed by atoms with Crippen LogP contribution in [0.5, 0.6) is 0 Å². The number of benzene rings is 2. The number of nitrogens with two attached hydrogens (primary N) is 1. The minimum absolute atomic E-state index is 0.215. The maximum Gasteiger partial charge on any atom is 0.126 e. The number of hydrogen-bond acceptors (Lipinski definition) is 2.